The monoisotopic (exact) mass is 372 g/mol. The molecule has 6 heteroatoms. The van der Waals surface area contributed by atoms with Gasteiger partial charge in [0.05, 0.1) is 11.1 Å². The average molecular weight is 372 g/mol. The van der Waals surface area contributed by atoms with E-state index in [1.165, 1.54) is 36.0 Å². The molecule has 0 unspecified atom stereocenters. The van der Waals surface area contributed by atoms with Gasteiger partial charge in [0.1, 0.15) is 16.7 Å². The second-order valence-corrected chi connectivity index (χ2v) is 7.08. The van der Waals surface area contributed by atoms with Gasteiger partial charge in [-0.15, -0.1) is 11.8 Å². The zero-order valence-corrected chi connectivity index (χ0v) is 15.3. The number of carbonyl (C=O) groups is 1. The Morgan fingerprint density at radius 1 is 1.15 bits per heavy atom. The Labute approximate surface area is 154 Å². The lowest BCUT2D eigenvalue weighted by atomic mass is 10.0. The fourth-order valence-electron chi connectivity index (χ4n) is 2.80. The van der Waals surface area contributed by atoms with Crippen LogP contribution in [0.2, 0.25) is 0 Å². The summed E-state index contributed by atoms with van der Waals surface area (Å²) in [5, 5.41) is 4.13. The zero-order valence-electron chi connectivity index (χ0n) is 14.5. The van der Waals surface area contributed by atoms with Crippen molar-refractivity contribution in [3.05, 3.63) is 70.8 Å². The maximum atomic E-state index is 13.5. The lowest BCUT2D eigenvalue weighted by Gasteiger charge is -2.14. The van der Waals surface area contributed by atoms with E-state index >= 15 is 0 Å². The molecule has 26 heavy (non-hydrogen) atoms. The molecule has 1 aromatic heterocycles. The molecule has 0 radical (unpaired) electrons. The number of fused-ring (bicyclic) bond motifs is 1. The molecule has 0 spiro atoms. The van der Waals surface area contributed by atoms with E-state index in [0.717, 1.165) is 16.7 Å². The predicted octanol–water partition coefficient (Wildman–Crippen LogP) is 4.86. The van der Waals surface area contributed by atoms with Crippen molar-refractivity contribution in [3.8, 4) is 0 Å². The third kappa shape index (κ3) is 3.85. The van der Waals surface area contributed by atoms with Crippen LogP contribution >= 0.6 is 11.8 Å². The van der Waals surface area contributed by atoms with E-state index in [9.17, 15) is 13.6 Å². The van der Waals surface area contributed by atoms with Crippen LogP contribution in [-0.2, 0) is 6.54 Å². The molecule has 0 bridgehead atoms. The van der Waals surface area contributed by atoms with E-state index in [1.54, 1.807) is 18.2 Å². The summed E-state index contributed by atoms with van der Waals surface area (Å²) in [5.41, 5.74) is 2.44. The van der Waals surface area contributed by atoms with Crippen LogP contribution in [0, 0.1) is 18.6 Å². The van der Waals surface area contributed by atoms with Gasteiger partial charge in [0.15, 0.2) is 0 Å². The van der Waals surface area contributed by atoms with Gasteiger partial charge in [0, 0.05) is 18.0 Å². The second kappa shape index (κ2) is 7.83. The molecule has 1 heterocycles. The molecular weight excluding hydrogens is 354 g/mol. The van der Waals surface area contributed by atoms with E-state index in [2.05, 4.69) is 10.3 Å². The quantitative estimate of drug-likeness (QED) is 0.650. The number of carbonyl (C=O) groups excluding carboxylic acids is 1. The summed E-state index contributed by atoms with van der Waals surface area (Å²) in [4.78, 5) is 17.3. The predicted molar refractivity (Wildman–Crippen MR) is 100 cm³/mol. The Morgan fingerprint density at radius 3 is 2.65 bits per heavy atom. The third-order valence-electron chi connectivity index (χ3n) is 4.02. The normalized spacial score (nSPS) is 10.9. The fourth-order valence-corrected chi connectivity index (χ4v) is 3.63. The lowest BCUT2D eigenvalue weighted by molar-refractivity contribution is 0.0947. The van der Waals surface area contributed by atoms with Gasteiger partial charge < -0.3 is 5.32 Å². The van der Waals surface area contributed by atoms with Crippen molar-refractivity contribution in [2.45, 2.75) is 25.4 Å². The van der Waals surface area contributed by atoms with E-state index in [1.807, 2.05) is 13.8 Å². The van der Waals surface area contributed by atoms with Crippen LogP contribution in [0.4, 0.5) is 8.78 Å². The molecule has 1 N–H and O–H groups in total. The Hall–Kier alpha value is -2.47. The Balaban J connectivity index is 1.96. The van der Waals surface area contributed by atoms with Crippen molar-refractivity contribution in [3.63, 3.8) is 0 Å². The van der Waals surface area contributed by atoms with Crippen LogP contribution in [-0.4, -0.2) is 16.6 Å². The average Bonchev–Trinajstić information content (AvgIpc) is 2.60. The number of aryl methyl sites for hydroxylation is 1. The topological polar surface area (TPSA) is 42.0 Å². The number of amides is 1. The number of hydrogen-bond acceptors (Lipinski definition) is 3. The highest BCUT2D eigenvalue weighted by Crippen LogP contribution is 2.29. The number of hydrogen-bond donors (Lipinski definition) is 1. The van der Waals surface area contributed by atoms with E-state index in [-0.39, 0.29) is 24.1 Å². The summed E-state index contributed by atoms with van der Waals surface area (Å²) >= 11 is 1.43. The molecular formula is C20H18F2N2OS. The minimum atomic E-state index is -0.361. The minimum Gasteiger partial charge on any atom is -0.348 e. The number of halogens is 2. The molecule has 0 atom stereocenters. The van der Waals surface area contributed by atoms with Crippen LogP contribution in [0.25, 0.3) is 10.9 Å². The van der Waals surface area contributed by atoms with E-state index in [0.29, 0.717) is 21.7 Å². The molecule has 1 amide bonds. The summed E-state index contributed by atoms with van der Waals surface area (Å²) in [6.07, 6.45) is 0. The molecule has 3 nitrogen and oxygen atoms in total. The summed E-state index contributed by atoms with van der Waals surface area (Å²) in [6.45, 7) is 4.01. The van der Waals surface area contributed by atoms with Gasteiger partial charge in [-0.1, -0.05) is 19.1 Å². The van der Waals surface area contributed by atoms with Crippen molar-refractivity contribution in [1.29, 1.82) is 0 Å². The number of rotatable bonds is 5. The van der Waals surface area contributed by atoms with Gasteiger partial charge in [0.2, 0.25) is 0 Å². The van der Waals surface area contributed by atoms with Gasteiger partial charge in [-0.3, -0.25) is 4.79 Å². The largest absolute Gasteiger partial charge is 0.348 e. The number of pyridine rings is 1. The maximum Gasteiger partial charge on any atom is 0.254 e. The molecule has 0 saturated heterocycles. The highest BCUT2D eigenvalue weighted by molar-refractivity contribution is 7.99. The van der Waals surface area contributed by atoms with Crippen LogP contribution in [0.3, 0.4) is 0 Å². The molecule has 0 fully saturated rings. The van der Waals surface area contributed by atoms with Crippen LogP contribution in [0.1, 0.15) is 28.4 Å². The van der Waals surface area contributed by atoms with Crippen LogP contribution < -0.4 is 5.32 Å². The second-order valence-electron chi connectivity index (χ2n) is 5.82. The third-order valence-corrected chi connectivity index (χ3v) is 4.88. The molecule has 134 valence electrons. The van der Waals surface area contributed by atoms with Crippen LogP contribution in [0.5, 0.6) is 0 Å². The molecule has 0 aliphatic carbocycles. The lowest BCUT2D eigenvalue weighted by Crippen LogP contribution is -2.25. The highest BCUT2D eigenvalue weighted by Gasteiger charge is 2.19. The van der Waals surface area contributed by atoms with Gasteiger partial charge in [0.25, 0.3) is 5.91 Å². The van der Waals surface area contributed by atoms with Crippen molar-refractivity contribution >= 4 is 28.6 Å². The van der Waals surface area contributed by atoms with Gasteiger partial charge in [-0.25, -0.2) is 13.8 Å². The van der Waals surface area contributed by atoms with E-state index < -0.39 is 0 Å². The SMILES string of the molecule is CCSc1nc2cc(F)ccc2c(C)c1C(=O)NCc1cccc(F)c1. The number of aromatic nitrogens is 1. The zero-order chi connectivity index (χ0) is 18.7. The summed E-state index contributed by atoms with van der Waals surface area (Å²) < 4.78 is 26.8. The summed E-state index contributed by atoms with van der Waals surface area (Å²) in [7, 11) is 0. The Bertz CT molecular complexity index is 975. The van der Waals surface area contributed by atoms with E-state index in [4.69, 9.17) is 0 Å². The number of nitrogens with one attached hydrogen (secondary N) is 1. The Kier molecular flexibility index (Phi) is 5.52. The van der Waals surface area contributed by atoms with Gasteiger partial charge in [-0.2, -0.15) is 0 Å². The van der Waals surface area contributed by atoms with Crippen LogP contribution in [0.15, 0.2) is 47.5 Å². The van der Waals surface area contributed by atoms with Crippen molar-refractivity contribution in [1.82, 2.24) is 10.3 Å². The fraction of sp³-hybridized carbons (Fsp3) is 0.200. The van der Waals surface area contributed by atoms with Gasteiger partial charge >= 0.3 is 0 Å². The number of nitrogens with zero attached hydrogens (tertiary/aromatic N) is 1. The highest BCUT2D eigenvalue weighted by atomic mass is 32.2. The summed E-state index contributed by atoms with van der Waals surface area (Å²) in [5.74, 6) is -0.247. The molecule has 2 aromatic carbocycles. The number of benzene rings is 2. The first-order valence-corrected chi connectivity index (χ1v) is 9.23. The molecule has 0 aliphatic heterocycles. The Morgan fingerprint density at radius 2 is 1.92 bits per heavy atom. The first-order valence-electron chi connectivity index (χ1n) is 8.25. The van der Waals surface area contributed by atoms with Crippen molar-refractivity contribution in [2.24, 2.45) is 0 Å². The molecule has 3 aromatic rings. The minimum absolute atomic E-state index is 0.216. The first-order chi connectivity index (χ1) is 12.5. The van der Waals surface area contributed by atoms with Gasteiger partial charge in [-0.05, 0) is 48.1 Å². The first kappa shape index (κ1) is 18.3. The standard InChI is InChI=1S/C20H18F2N2OS/c1-3-26-20-18(12(2)16-8-7-15(22)10-17(16)24-20)19(25)23-11-13-5-4-6-14(21)9-13/h4-10H,3,11H2,1-2H3,(H,23,25). The number of thioether (sulfide) groups is 1. The molecule has 0 aliphatic rings. The summed E-state index contributed by atoms with van der Waals surface area (Å²) in [6, 6.07) is 10.5. The van der Waals surface area contributed by atoms with Crippen molar-refractivity contribution < 1.29 is 13.6 Å². The smallest absolute Gasteiger partial charge is 0.254 e. The molecule has 3 rings (SSSR count). The molecule has 0 saturated carbocycles. The maximum absolute atomic E-state index is 13.5. The van der Waals surface area contributed by atoms with Crippen molar-refractivity contribution in [2.75, 3.05) is 5.75 Å².